The molecular formula is C19H27N5O3. The largest absolute Gasteiger partial charge is 0.350 e. The number of carbonyl (C=O) groups excluding carboxylic acids is 3. The van der Waals surface area contributed by atoms with Gasteiger partial charge in [-0.05, 0) is 46.8 Å². The standard InChI is InChI=1S/C19H27N5O3/c1-6-23(12-15(25)21-19(3,4)5)18(27)16-20-13(2)17(26)24(22-16)14-10-8-7-9-11-14/h7-11,13H,6,12H2,1-5H3,(H,20,22)(H,21,25). The number of nitrogens with one attached hydrogen (secondary N) is 2. The van der Waals surface area contributed by atoms with Crippen molar-refractivity contribution in [2.24, 2.45) is 4.99 Å². The average molecular weight is 373 g/mol. The van der Waals surface area contributed by atoms with Crippen molar-refractivity contribution >= 4 is 29.2 Å². The normalized spacial score (nSPS) is 17.1. The monoisotopic (exact) mass is 373 g/mol. The minimum atomic E-state index is -0.701. The number of hydrazine groups is 1. The molecule has 0 saturated heterocycles. The summed E-state index contributed by atoms with van der Waals surface area (Å²) in [4.78, 5) is 43.1. The first-order chi connectivity index (χ1) is 12.6. The van der Waals surface area contributed by atoms with Crippen LogP contribution >= 0.6 is 0 Å². The summed E-state index contributed by atoms with van der Waals surface area (Å²) in [6, 6.07) is 8.27. The Morgan fingerprint density at radius 1 is 1.26 bits per heavy atom. The molecule has 1 aliphatic heterocycles. The van der Waals surface area contributed by atoms with Gasteiger partial charge in [0, 0.05) is 12.1 Å². The van der Waals surface area contributed by atoms with E-state index in [0.717, 1.165) is 0 Å². The third-order valence-electron chi connectivity index (χ3n) is 3.85. The fraction of sp³-hybridized carbons (Fsp3) is 0.474. The molecule has 0 aliphatic carbocycles. The van der Waals surface area contributed by atoms with E-state index >= 15 is 0 Å². The average Bonchev–Trinajstić information content (AvgIpc) is 2.60. The molecule has 1 aromatic carbocycles. The molecule has 0 spiro atoms. The first kappa shape index (κ1) is 20.4. The molecule has 3 amide bonds. The summed E-state index contributed by atoms with van der Waals surface area (Å²) in [5.41, 5.74) is 3.03. The molecule has 146 valence electrons. The maximum atomic E-state index is 12.9. The van der Waals surface area contributed by atoms with Gasteiger partial charge in [0.05, 0.1) is 12.2 Å². The number of carbonyl (C=O) groups is 3. The number of amides is 3. The van der Waals surface area contributed by atoms with E-state index in [0.29, 0.717) is 12.2 Å². The molecule has 8 nitrogen and oxygen atoms in total. The van der Waals surface area contributed by atoms with E-state index in [4.69, 9.17) is 0 Å². The third kappa shape index (κ3) is 5.29. The van der Waals surface area contributed by atoms with Crippen LogP contribution in [0.3, 0.4) is 0 Å². The lowest BCUT2D eigenvalue weighted by atomic mass is 10.1. The minimum absolute atomic E-state index is 0.0383. The molecule has 1 aromatic rings. The van der Waals surface area contributed by atoms with Gasteiger partial charge in [-0.1, -0.05) is 18.2 Å². The fourth-order valence-electron chi connectivity index (χ4n) is 2.61. The molecule has 27 heavy (non-hydrogen) atoms. The molecule has 0 fully saturated rings. The van der Waals surface area contributed by atoms with Gasteiger partial charge in [0.25, 0.3) is 11.8 Å². The van der Waals surface area contributed by atoms with Crippen molar-refractivity contribution < 1.29 is 14.4 Å². The van der Waals surface area contributed by atoms with E-state index in [1.54, 1.807) is 38.1 Å². The highest BCUT2D eigenvalue weighted by Crippen LogP contribution is 2.16. The second kappa shape index (κ2) is 8.20. The molecule has 1 unspecified atom stereocenters. The Labute approximate surface area is 159 Å². The zero-order chi connectivity index (χ0) is 20.2. The van der Waals surface area contributed by atoms with Crippen molar-refractivity contribution in [3.05, 3.63) is 30.3 Å². The highest BCUT2D eigenvalue weighted by molar-refractivity contribution is 6.39. The lowest BCUT2D eigenvalue weighted by Gasteiger charge is -2.32. The summed E-state index contributed by atoms with van der Waals surface area (Å²) < 4.78 is 0. The van der Waals surface area contributed by atoms with Crippen molar-refractivity contribution in [3.63, 3.8) is 0 Å². The van der Waals surface area contributed by atoms with E-state index in [-0.39, 0.29) is 29.7 Å². The molecular weight excluding hydrogens is 346 g/mol. The van der Waals surface area contributed by atoms with E-state index in [2.05, 4.69) is 15.7 Å². The Kier molecular flexibility index (Phi) is 6.20. The van der Waals surface area contributed by atoms with Gasteiger partial charge in [-0.3, -0.25) is 19.8 Å². The Morgan fingerprint density at radius 2 is 1.89 bits per heavy atom. The number of aliphatic imine (C=N–C) groups is 1. The van der Waals surface area contributed by atoms with Gasteiger partial charge in [-0.25, -0.2) is 10.0 Å². The van der Waals surface area contributed by atoms with Gasteiger partial charge in [-0.2, -0.15) is 0 Å². The van der Waals surface area contributed by atoms with E-state index in [9.17, 15) is 14.4 Å². The van der Waals surface area contributed by atoms with E-state index in [1.165, 1.54) is 9.91 Å². The molecule has 1 heterocycles. The van der Waals surface area contributed by atoms with Crippen LogP contribution in [-0.2, 0) is 14.4 Å². The van der Waals surface area contributed by atoms with Crippen LogP contribution in [0.5, 0.6) is 0 Å². The van der Waals surface area contributed by atoms with Crippen molar-refractivity contribution in [2.75, 3.05) is 18.1 Å². The van der Waals surface area contributed by atoms with Crippen LogP contribution in [0.4, 0.5) is 5.69 Å². The molecule has 0 bridgehead atoms. The van der Waals surface area contributed by atoms with Gasteiger partial charge in [0.2, 0.25) is 11.7 Å². The molecule has 2 rings (SSSR count). The van der Waals surface area contributed by atoms with Gasteiger partial charge in [-0.15, -0.1) is 0 Å². The molecule has 2 N–H and O–H groups in total. The number of hydrogen-bond donors (Lipinski definition) is 2. The molecule has 1 aliphatic rings. The van der Waals surface area contributed by atoms with Gasteiger partial charge in [0.1, 0.15) is 6.04 Å². The van der Waals surface area contributed by atoms with Gasteiger partial charge < -0.3 is 10.2 Å². The van der Waals surface area contributed by atoms with Crippen molar-refractivity contribution in [1.29, 1.82) is 0 Å². The first-order valence-electron chi connectivity index (χ1n) is 8.96. The van der Waals surface area contributed by atoms with Crippen molar-refractivity contribution in [1.82, 2.24) is 15.6 Å². The Bertz CT molecular complexity index is 739. The van der Waals surface area contributed by atoms with Crippen LogP contribution < -0.4 is 15.8 Å². The van der Waals surface area contributed by atoms with Crippen LogP contribution in [0.2, 0.25) is 0 Å². The van der Waals surface area contributed by atoms with Crippen LogP contribution in [0.15, 0.2) is 35.3 Å². The second-order valence-electron chi connectivity index (χ2n) is 7.39. The molecule has 1 atom stereocenters. The van der Waals surface area contributed by atoms with Gasteiger partial charge >= 0.3 is 0 Å². The molecule has 0 radical (unpaired) electrons. The fourth-order valence-corrected chi connectivity index (χ4v) is 2.61. The number of rotatable bonds is 5. The van der Waals surface area contributed by atoms with Crippen LogP contribution in [0.1, 0.15) is 34.6 Å². The summed E-state index contributed by atoms with van der Waals surface area (Å²) in [5.74, 6) is -0.900. The second-order valence-corrected chi connectivity index (χ2v) is 7.39. The molecule has 8 heteroatoms. The summed E-state index contributed by atoms with van der Waals surface area (Å²) in [7, 11) is 0. The maximum Gasteiger partial charge on any atom is 0.291 e. The number of anilines is 1. The molecule has 0 aromatic heterocycles. The Morgan fingerprint density at radius 3 is 2.44 bits per heavy atom. The number of benzene rings is 1. The predicted molar refractivity (Wildman–Crippen MR) is 104 cm³/mol. The minimum Gasteiger partial charge on any atom is -0.350 e. The molecule has 0 saturated carbocycles. The summed E-state index contributed by atoms with van der Waals surface area (Å²) in [6.45, 7) is 9.30. The highest BCUT2D eigenvalue weighted by Gasteiger charge is 2.33. The SMILES string of the molecule is CCN(CC(=O)NC(C)(C)C)C(=O)C1=NC(C)C(=O)N(c2ccccc2)N1. The zero-order valence-corrected chi connectivity index (χ0v) is 16.4. The lowest BCUT2D eigenvalue weighted by Crippen LogP contribution is -2.59. The number of nitrogens with zero attached hydrogens (tertiary/aromatic N) is 3. The summed E-state index contributed by atoms with van der Waals surface area (Å²) >= 11 is 0. The number of amidine groups is 1. The Hall–Kier alpha value is -2.90. The van der Waals surface area contributed by atoms with E-state index < -0.39 is 11.9 Å². The zero-order valence-electron chi connectivity index (χ0n) is 16.4. The van der Waals surface area contributed by atoms with Crippen LogP contribution in [0, 0.1) is 0 Å². The quantitative estimate of drug-likeness (QED) is 0.808. The summed E-state index contributed by atoms with van der Waals surface area (Å²) in [5, 5.41) is 4.15. The summed E-state index contributed by atoms with van der Waals surface area (Å²) in [6.07, 6.45) is 0. The predicted octanol–water partition coefficient (Wildman–Crippen LogP) is 1.09. The number of hydrogen-bond acceptors (Lipinski definition) is 5. The van der Waals surface area contributed by atoms with Crippen molar-refractivity contribution in [3.8, 4) is 0 Å². The topological polar surface area (TPSA) is 94.1 Å². The highest BCUT2D eigenvalue weighted by atomic mass is 16.2. The maximum absolute atomic E-state index is 12.9. The van der Waals surface area contributed by atoms with Gasteiger partial charge in [0.15, 0.2) is 0 Å². The third-order valence-corrected chi connectivity index (χ3v) is 3.85. The smallest absolute Gasteiger partial charge is 0.291 e. The number of likely N-dealkylation sites (N-methyl/N-ethyl adjacent to an activating group) is 1. The Balaban J connectivity index is 2.17. The number of para-hydroxylation sites is 1. The first-order valence-corrected chi connectivity index (χ1v) is 8.96. The van der Waals surface area contributed by atoms with Crippen LogP contribution in [-0.4, -0.2) is 53.1 Å². The lowest BCUT2D eigenvalue weighted by molar-refractivity contribution is -0.132. The van der Waals surface area contributed by atoms with Crippen LogP contribution in [0.25, 0.3) is 0 Å². The van der Waals surface area contributed by atoms with E-state index in [1.807, 2.05) is 26.8 Å². The van der Waals surface area contributed by atoms with Crippen molar-refractivity contribution in [2.45, 2.75) is 46.2 Å².